The summed E-state index contributed by atoms with van der Waals surface area (Å²) >= 11 is 0. The molecular weight excluding hydrogens is 452 g/mol. The second-order valence-corrected chi connectivity index (χ2v) is 8.28. The number of esters is 1. The highest BCUT2D eigenvalue weighted by atomic mass is 16.5. The maximum absolute atomic E-state index is 13.5. The molecule has 10 nitrogen and oxygen atoms in total. The van der Waals surface area contributed by atoms with Crippen LogP contribution in [0.3, 0.4) is 0 Å². The van der Waals surface area contributed by atoms with Gasteiger partial charge in [-0.3, -0.25) is 9.13 Å². The SMILES string of the molecule is COC(=O)c1ccc(-c2ccc(-n3c(=O)n([C@H]4CCN(C(=O)O)C4)c4ncccc43)cc2O)cc1. The summed E-state index contributed by atoms with van der Waals surface area (Å²) in [7, 11) is 1.31. The zero-order chi connectivity index (χ0) is 24.7. The summed E-state index contributed by atoms with van der Waals surface area (Å²) in [5.74, 6) is -0.489. The highest BCUT2D eigenvalue weighted by Crippen LogP contribution is 2.32. The lowest BCUT2D eigenvalue weighted by molar-refractivity contribution is 0.0600. The molecule has 2 N–H and O–H groups in total. The van der Waals surface area contributed by atoms with Crippen molar-refractivity contribution in [3.8, 4) is 22.6 Å². The van der Waals surface area contributed by atoms with Gasteiger partial charge in [-0.25, -0.2) is 19.4 Å². The number of benzene rings is 2. The predicted octanol–water partition coefficient (Wildman–Crippen LogP) is 3.27. The average Bonchev–Trinajstić information content (AvgIpc) is 3.46. The summed E-state index contributed by atoms with van der Waals surface area (Å²) in [6, 6.07) is 14.7. The van der Waals surface area contributed by atoms with Crippen molar-refractivity contribution in [1.29, 1.82) is 0 Å². The van der Waals surface area contributed by atoms with E-state index >= 15 is 0 Å². The third-order valence-corrected chi connectivity index (χ3v) is 6.29. The van der Waals surface area contributed by atoms with Crippen LogP contribution >= 0.6 is 0 Å². The van der Waals surface area contributed by atoms with Gasteiger partial charge in [0.15, 0.2) is 5.65 Å². The minimum atomic E-state index is -1.02. The van der Waals surface area contributed by atoms with Gasteiger partial charge in [0.1, 0.15) is 5.75 Å². The molecule has 1 saturated heterocycles. The molecule has 5 rings (SSSR count). The third kappa shape index (κ3) is 3.78. The van der Waals surface area contributed by atoms with Gasteiger partial charge in [0, 0.05) is 30.9 Å². The minimum absolute atomic E-state index is 0.0390. The molecule has 0 bridgehead atoms. The van der Waals surface area contributed by atoms with E-state index in [0.717, 1.165) is 0 Å². The van der Waals surface area contributed by atoms with Crippen LogP contribution in [0.1, 0.15) is 22.8 Å². The number of likely N-dealkylation sites (tertiary alicyclic amines) is 1. The average molecular weight is 474 g/mol. The highest BCUT2D eigenvalue weighted by Gasteiger charge is 2.31. The van der Waals surface area contributed by atoms with Crippen LogP contribution in [0, 0.1) is 0 Å². The molecule has 0 spiro atoms. The number of hydrogen-bond donors (Lipinski definition) is 2. The number of carbonyl (C=O) groups excluding carboxylic acids is 1. The maximum atomic E-state index is 13.5. The Morgan fingerprint density at radius 2 is 1.89 bits per heavy atom. The molecule has 0 aliphatic carbocycles. The number of phenolic OH excluding ortho intramolecular Hbond substituents is 1. The first kappa shape index (κ1) is 22.2. The fourth-order valence-corrected chi connectivity index (χ4v) is 4.56. The Bertz CT molecular complexity index is 1500. The fourth-order valence-electron chi connectivity index (χ4n) is 4.56. The number of amides is 1. The van der Waals surface area contributed by atoms with Gasteiger partial charge in [0.2, 0.25) is 0 Å². The number of methoxy groups -OCH3 is 1. The van der Waals surface area contributed by atoms with Crippen molar-refractivity contribution in [2.24, 2.45) is 0 Å². The lowest BCUT2D eigenvalue weighted by atomic mass is 10.0. The van der Waals surface area contributed by atoms with E-state index in [-0.39, 0.29) is 24.0 Å². The molecule has 1 atom stereocenters. The van der Waals surface area contributed by atoms with Crippen LogP contribution in [0.25, 0.3) is 28.0 Å². The first-order valence-electron chi connectivity index (χ1n) is 11.0. The van der Waals surface area contributed by atoms with Gasteiger partial charge in [0.05, 0.1) is 29.9 Å². The Morgan fingerprint density at radius 3 is 2.54 bits per heavy atom. The molecular formula is C25H22N4O6. The van der Waals surface area contributed by atoms with Crippen molar-refractivity contribution in [3.05, 3.63) is 76.8 Å². The fraction of sp³-hybridized carbons (Fsp3) is 0.200. The van der Waals surface area contributed by atoms with E-state index < -0.39 is 12.1 Å². The van der Waals surface area contributed by atoms with Gasteiger partial charge in [-0.15, -0.1) is 0 Å². The van der Waals surface area contributed by atoms with Crippen molar-refractivity contribution >= 4 is 23.2 Å². The lowest BCUT2D eigenvalue weighted by Gasteiger charge is -2.13. The highest BCUT2D eigenvalue weighted by molar-refractivity contribution is 5.90. The molecule has 35 heavy (non-hydrogen) atoms. The van der Waals surface area contributed by atoms with Crippen LogP contribution in [-0.4, -0.2) is 61.5 Å². The summed E-state index contributed by atoms with van der Waals surface area (Å²) in [6.07, 6.45) is 1.08. The van der Waals surface area contributed by atoms with E-state index in [4.69, 9.17) is 4.74 Å². The number of phenols is 1. The van der Waals surface area contributed by atoms with E-state index in [9.17, 15) is 24.6 Å². The molecule has 10 heteroatoms. The number of carboxylic acid groups (broad SMARTS) is 1. The van der Waals surface area contributed by atoms with Gasteiger partial charge < -0.3 is 19.8 Å². The molecule has 1 fully saturated rings. The van der Waals surface area contributed by atoms with E-state index in [1.54, 1.807) is 54.7 Å². The van der Waals surface area contributed by atoms with Crippen LogP contribution in [-0.2, 0) is 4.74 Å². The number of aromatic hydroxyl groups is 1. The number of carbonyl (C=O) groups is 2. The number of hydrogen-bond acceptors (Lipinski definition) is 6. The maximum Gasteiger partial charge on any atom is 0.407 e. The Labute approximate surface area is 199 Å². The molecule has 1 aliphatic heterocycles. The lowest BCUT2D eigenvalue weighted by Crippen LogP contribution is -2.31. The van der Waals surface area contributed by atoms with Crippen LogP contribution in [0.4, 0.5) is 4.79 Å². The van der Waals surface area contributed by atoms with E-state index in [1.165, 1.54) is 27.2 Å². The smallest absolute Gasteiger partial charge is 0.407 e. The molecule has 1 amide bonds. The van der Waals surface area contributed by atoms with Crippen LogP contribution in [0.15, 0.2) is 65.6 Å². The minimum Gasteiger partial charge on any atom is -0.507 e. The molecule has 2 aromatic heterocycles. The summed E-state index contributed by atoms with van der Waals surface area (Å²) in [5.41, 5.74) is 2.73. The molecule has 0 radical (unpaired) electrons. The molecule has 0 unspecified atom stereocenters. The van der Waals surface area contributed by atoms with Gasteiger partial charge in [-0.05, 0) is 48.4 Å². The monoisotopic (exact) mass is 474 g/mol. The zero-order valence-corrected chi connectivity index (χ0v) is 18.8. The molecule has 4 aromatic rings. The van der Waals surface area contributed by atoms with Crippen molar-refractivity contribution in [1.82, 2.24) is 19.0 Å². The second kappa shape index (κ2) is 8.64. The number of aromatic nitrogens is 3. The molecule has 0 saturated carbocycles. The predicted molar refractivity (Wildman–Crippen MR) is 127 cm³/mol. The van der Waals surface area contributed by atoms with Gasteiger partial charge in [-0.2, -0.15) is 0 Å². The zero-order valence-electron chi connectivity index (χ0n) is 18.8. The standard InChI is InChI=1S/C25H22N4O6/c1-35-23(31)16-6-4-15(5-7-16)19-9-8-17(13-21(19)30)28-20-3-2-11-26-22(20)29(24(28)32)18-10-12-27(14-18)25(33)34/h2-9,11,13,18,30H,10,12,14H2,1H3,(H,33,34)/t18-/m0/s1. The van der Waals surface area contributed by atoms with Gasteiger partial charge in [-0.1, -0.05) is 12.1 Å². The first-order valence-corrected chi connectivity index (χ1v) is 11.0. The first-order chi connectivity index (χ1) is 16.9. The van der Waals surface area contributed by atoms with E-state index in [1.807, 2.05) is 0 Å². The number of pyridine rings is 1. The molecule has 178 valence electrons. The molecule has 3 heterocycles. The van der Waals surface area contributed by atoms with Crippen LogP contribution in [0.2, 0.25) is 0 Å². The van der Waals surface area contributed by atoms with Crippen LogP contribution < -0.4 is 5.69 Å². The summed E-state index contributed by atoms with van der Waals surface area (Å²) in [6.45, 7) is 0.548. The number of ether oxygens (including phenoxy) is 1. The number of fused-ring (bicyclic) bond motifs is 1. The van der Waals surface area contributed by atoms with E-state index in [0.29, 0.717) is 46.5 Å². The largest absolute Gasteiger partial charge is 0.507 e. The quantitative estimate of drug-likeness (QED) is 0.435. The van der Waals surface area contributed by atoms with Crippen LogP contribution in [0.5, 0.6) is 5.75 Å². The summed E-state index contributed by atoms with van der Waals surface area (Å²) in [5, 5.41) is 20.1. The summed E-state index contributed by atoms with van der Waals surface area (Å²) in [4.78, 5) is 42.3. The van der Waals surface area contributed by atoms with Crippen molar-refractivity contribution in [2.75, 3.05) is 20.2 Å². The Balaban J connectivity index is 1.56. The van der Waals surface area contributed by atoms with Crippen molar-refractivity contribution < 1.29 is 24.5 Å². The number of imidazole rings is 1. The molecule has 2 aromatic carbocycles. The van der Waals surface area contributed by atoms with Gasteiger partial charge in [0.25, 0.3) is 0 Å². The molecule has 1 aliphatic rings. The Hall–Kier alpha value is -4.60. The number of nitrogens with zero attached hydrogens (tertiary/aromatic N) is 4. The van der Waals surface area contributed by atoms with Gasteiger partial charge >= 0.3 is 17.8 Å². The van der Waals surface area contributed by atoms with E-state index in [2.05, 4.69) is 4.98 Å². The number of rotatable bonds is 4. The second-order valence-electron chi connectivity index (χ2n) is 8.28. The Kier molecular flexibility index (Phi) is 5.48. The third-order valence-electron chi connectivity index (χ3n) is 6.29. The van der Waals surface area contributed by atoms with Crippen molar-refractivity contribution in [2.45, 2.75) is 12.5 Å². The Morgan fingerprint density at radius 1 is 1.11 bits per heavy atom. The normalized spacial score (nSPS) is 15.5. The topological polar surface area (TPSA) is 127 Å². The van der Waals surface area contributed by atoms with Crippen molar-refractivity contribution in [3.63, 3.8) is 0 Å². The summed E-state index contributed by atoms with van der Waals surface area (Å²) < 4.78 is 7.72.